The molecule has 0 aliphatic carbocycles. The number of amides is 2. The Bertz CT molecular complexity index is 1020. The van der Waals surface area contributed by atoms with Crippen molar-refractivity contribution < 1.29 is 14.7 Å². The van der Waals surface area contributed by atoms with Crippen LogP contribution in [0.15, 0.2) is 36.4 Å². The van der Waals surface area contributed by atoms with Crippen molar-refractivity contribution in [2.24, 2.45) is 7.05 Å². The Kier molecular flexibility index (Phi) is 5.87. The monoisotopic (exact) mass is 394 g/mol. The van der Waals surface area contributed by atoms with Crippen molar-refractivity contribution in [3.05, 3.63) is 70.4 Å². The molecule has 0 fully saturated rings. The summed E-state index contributed by atoms with van der Waals surface area (Å²) in [7, 11) is 1.76. The van der Waals surface area contributed by atoms with Gasteiger partial charge in [-0.3, -0.25) is 14.8 Å². The Balaban J connectivity index is 1.68. The van der Waals surface area contributed by atoms with Crippen molar-refractivity contribution in [1.82, 2.24) is 25.1 Å². The molecule has 2 amide bonds. The van der Waals surface area contributed by atoms with Crippen molar-refractivity contribution in [3.63, 3.8) is 0 Å². The fourth-order valence-electron chi connectivity index (χ4n) is 2.99. The zero-order chi connectivity index (χ0) is 21.0. The summed E-state index contributed by atoms with van der Waals surface area (Å²) in [5.74, 6) is 0.663. The van der Waals surface area contributed by atoms with Gasteiger partial charge in [0.25, 0.3) is 5.91 Å². The Morgan fingerprint density at radius 1 is 1.14 bits per heavy atom. The van der Waals surface area contributed by atoms with E-state index in [2.05, 4.69) is 25.7 Å². The summed E-state index contributed by atoms with van der Waals surface area (Å²) in [6.45, 7) is 3.84. The molecule has 3 rings (SSSR count). The SMILES string of the molecule is Cc1cc(NC(=O)O)nc(C)c1CNC(=O)c1nc(Cc2ccccc2)n(C)n1. The van der Waals surface area contributed by atoms with Crippen LogP contribution < -0.4 is 10.6 Å². The van der Waals surface area contributed by atoms with Crippen molar-refractivity contribution >= 4 is 17.8 Å². The summed E-state index contributed by atoms with van der Waals surface area (Å²) < 4.78 is 1.60. The summed E-state index contributed by atoms with van der Waals surface area (Å²) in [5, 5.41) is 18.1. The normalized spacial score (nSPS) is 10.6. The number of benzene rings is 1. The van der Waals surface area contributed by atoms with Gasteiger partial charge in [0.1, 0.15) is 11.6 Å². The van der Waals surface area contributed by atoms with E-state index >= 15 is 0 Å². The number of carbonyl (C=O) groups excluding carboxylic acids is 1. The molecule has 1 aromatic carbocycles. The first-order valence-corrected chi connectivity index (χ1v) is 9.02. The van der Waals surface area contributed by atoms with Crippen molar-refractivity contribution in [1.29, 1.82) is 0 Å². The quantitative estimate of drug-likeness (QED) is 0.590. The molecule has 0 spiro atoms. The standard InChI is InChI=1S/C20H22N6O3/c1-12-9-16(23-20(28)29)22-13(2)15(12)11-21-19(27)18-24-17(26(3)25-18)10-14-7-5-4-6-8-14/h4-9H,10-11H2,1-3H3,(H,21,27)(H,22,23)(H,28,29). The summed E-state index contributed by atoms with van der Waals surface area (Å²) in [5.41, 5.74) is 3.35. The number of anilines is 1. The van der Waals surface area contributed by atoms with Gasteiger partial charge < -0.3 is 10.4 Å². The molecule has 0 saturated carbocycles. The number of aromatic nitrogens is 4. The Labute approximate surface area is 167 Å². The highest BCUT2D eigenvalue weighted by Crippen LogP contribution is 2.16. The minimum absolute atomic E-state index is 0.103. The van der Waals surface area contributed by atoms with Crippen LogP contribution in [0.3, 0.4) is 0 Å². The van der Waals surface area contributed by atoms with Gasteiger partial charge in [-0.2, -0.15) is 0 Å². The van der Waals surface area contributed by atoms with Crippen LogP contribution >= 0.6 is 0 Å². The predicted molar refractivity (Wildman–Crippen MR) is 107 cm³/mol. The topological polar surface area (TPSA) is 122 Å². The van der Waals surface area contributed by atoms with Crippen LogP contribution in [0, 0.1) is 13.8 Å². The van der Waals surface area contributed by atoms with Gasteiger partial charge in [0, 0.05) is 25.7 Å². The first-order valence-electron chi connectivity index (χ1n) is 9.02. The lowest BCUT2D eigenvalue weighted by Crippen LogP contribution is -2.25. The molecule has 0 atom stereocenters. The van der Waals surface area contributed by atoms with Crippen molar-refractivity contribution in [2.75, 3.05) is 5.32 Å². The number of nitrogens with zero attached hydrogens (tertiary/aromatic N) is 4. The first-order chi connectivity index (χ1) is 13.8. The highest BCUT2D eigenvalue weighted by atomic mass is 16.4. The molecule has 29 heavy (non-hydrogen) atoms. The van der Waals surface area contributed by atoms with Gasteiger partial charge in [0.15, 0.2) is 0 Å². The van der Waals surface area contributed by atoms with E-state index in [4.69, 9.17) is 5.11 Å². The van der Waals surface area contributed by atoms with E-state index < -0.39 is 6.09 Å². The molecule has 0 unspecified atom stereocenters. The lowest BCUT2D eigenvalue weighted by atomic mass is 10.1. The van der Waals surface area contributed by atoms with Crippen LogP contribution in [-0.4, -0.2) is 36.9 Å². The molecule has 2 aromatic heterocycles. The average molecular weight is 394 g/mol. The van der Waals surface area contributed by atoms with E-state index in [9.17, 15) is 9.59 Å². The van der Waals surface area contributed by atoms with Crippen molar-refractivity contribution in [2.45, 2.75) is 26.8 Å². The second-order valence-corrected chi connectivity index (χ2v) is 6.64. The molecule has 3 aromatic rings. The third-order valence-electron chi connectivity index (χ3n) is 4.48. The third kappa shape index (κ3) is 4.95. The average Bonchev–Trinajstić information content (AvgIpc) is 3.02. The van der Waals surface area contributed by atoms with E-state index in [1.54, 1.807) is 24.7 Å². The fourth-order valence-corrected chi connectivity index (χ4v) is 2.99. The van der Waals surface area contributed by atoms with E-state index in [-0.39, 0.29) is 24.1 Å². The summed E-state index contributed by atoms with van der Waals surface area (Å²) in [6, 6.07) is 11.5. The number of carboxylic acid groups (broad SMARTS) is 1. The van der Waals surface area contributed by atoms with E-state index in [1.165, 1.54) is 0 Å². The minimum atomic E-state index is -1.18. The molecule has 150 valence electrons. The molecular weight excluding hydrogens is 372 g/mol. The van der Waals surface area contributed by atoms with Gasteiger partial charge in [-0.05, 0) is 36.6 Å². The molecule has 0 aliphatic heterocycles. The third-order valence-corrected chi connectivity index (χ3v) is 4.48. The lowest BCUT2D eigenvalue weighted by molar-refractivity contribution is 0.0940. The van der Waals surface area contributed by atoms with Gasteiger partial charge in [0.05, 0.1) is 0 Å². The summed E-state index contributed by atoms with van der Waals surface area (Å²) >= 11 is 0. The van der Waals surface area contributed by atoms with Gasteiger partial charge in [0.2, 0.25) is 5.82 Å². The minimum Gasteiger partial charge on any atom is -0.465 e. The van der Waals surface area contributed by atoms with Crippen LogP contribution in [0.2, 0.25) is 0 Å². The van der Waals surface area contributed by atoms with Crippen LogP contribution in [-0.2, 0) is 20.0 Å². The number of aryl methyl sites for hydroxylation is 3. The molecule has 9 heteroatoms. The van der Waals surface area contributed by atoms with Crippen LogP contribution in [0.1, 0.15) is 38.8 Å². The Morgan fingerprint density at radius 2 is 1.86 bits per heavy atom. The Hall–Kier alpha value is -3.75. The van der Waals surface area contributed by atoms with E-state index in [1.807, 2.05) is 37.3 Å². The van der Waals surface area contributed by atoms with Crippen molar-refractivity contribution in [3.8, 4) is 0 Å². The number of hydrogen-bond acceptors (Lipinski definition) is 5. The molecule has 9 nitrogen and oxygen atoms in total. The van der Waals surface area contributed by atoms with Gasteiger partial charge >= 0.3 is 6.09 Å². The predicted octanol–water partition coefficient (Wildman–Crippen LogP) is 2.44. The zero-order valence-corrected chi connectivity index (χ0v) is 16.4. The number of pyridine rings is 1. The highest BCUT2D eigenvalue weighted by molar-refractivity contribution is 5.90. The second kappa shape index (κ2) is 8.51. The van der Waals surface area contributed by atoms with E-state index in [0.29, 0.717) is 17.9 Å². The molecule has 0 saturated heterocycles. The van der Waals surface area contributed by atoms with Gasteiger partial charge in [-0.1, -0.05) is 30.3 Å². The van der Waals surface area contributed by atoms with Gasteiger partial charge in [-0.15, -0.1) is 5.10 Å². The maximum absolute atomic E-state index is 12.5. The first kappa shape index (κ1) is 20.0. The molecule has 0 radical (unpaired) electrons. The fraction of sp³-hybridized carbons (Fsp3) is 0.250. The van der Waals surface area contributed by atoms with Crippen LogP contribution in [0.25, 0.3) is 0 Å². The van der Waals surface area contributed by atoms with E-state index in [0.717, 1.165) is 16.7 Å². The number of carbonyl (C=O) groups is 2. The largest absolute Gasteiger partial charge is 0.465 e. The maximum Gasteiger partial charge on any atom is 0.410 e. The number of nitrogens with one attached hydrogen (secondary N) is 2. The molecule has 2 heterocycles. The Morgan fingerprint density at radius 3 is 2.52 bits per heavy atom. The lowest BCUT2D eigenvalue weighted by Gasteiger charge is -2.12. The van der Waals surface area contributed by atoms with Crippen LogP contribution in [0.4, 0.5) is 10.6 Å². The molecule has 3 N–H and O–H groups in total. The highest BCUT2D eigenvalue weighted by Gasteiger charge is 2.16. The molecule has 0 aliphatic rings. The number of hydrogen-bond donors (Lipinski definition) is 3. The maximum atomic E-state index is 12.5. The smallest absolute Gasteiger partial charge is 0.410 e. The molecule has 0 bridgehead atoms. The van der Waals surface area contributed by atoms with Crippen LogP contribution in [0.5, 0.6) is 0 Å². The summed E-state index contributed by atoms with van der Waals surface area (Å²) in [4.78, 5) is 31.8. The molecular formula is C20H22N6O3. The summed E-state index contributed by atoms with van der Waals surface area (Å²) in [6.07, 6.45) is -0.595. The second-order valence-electron chi connectivity index (χ2n) is 6.64. The zero-order valence-electron chi connectivity index (χ0n) is 16.4. The number of rotatable bonds is 6. The van der Waals surface area contributed by atoms with Gasteiger partial charge in [-0.25, -0.2) is 14.8 Å².